The summed E-state index contributed by atoms with van der Waals surface area (Å²) in [4.78, 5) is 37.4. The molecule has 0 aliphatic rings. The normalized spacial score (nSPS) is 10.5. The summed E-state index contributed by atoms with van der Waals surface area (Å²) in [6, 6.07) is 8.07. The molecule has 0 spiro atoms. The minimum absolute atomic E-state index is 0.0293. The van der Waals surface area contributed by atoms with Crippen molar-refractivity contribution in [3.63, 3.8) is 0 Å². The second-order valence-corrected chi connectivity index (χ2v) is 7.19. The number of aryl methyl sites for hydroxylation is 2. The van der Waals surface area contributed by atoms with Gasteiger partial charge in [-0.25, -0.2) is 4.39 Å². The van der Waals surface area contributed by atoms with E-state index >= 15 is 0 Å². The van der Waals surface area contributed by atoms with Gasteiger partial charge in [0.1, 0.15) is 11.6 Å². The molecule has 0 fully saturated rings. The van der Waals surface area contributed by atoms with Gasteiger partial charge >= 0.3 is 0 Å². The number of anilines is 1. The molecule has 0 saturated carbocycles. The summed E-state index contributed by atoms with van der Waals surface area (Å²) in [6.07, 6.45) is 0.267. The molecular weight excluding hydrogens is 341 g/mol. The van der Waals surface area contributed by atoms with E-state index in [4.69, 9.17) is 0 Å². The van der Waals surface area contributed by atoms with Crippen molar-refractivity contribution in [2.75, 3.05) is 5.32 Å². The largest absolute Gasteiger partial charge is 0.324 e. The number of nitrogens with one attached hydrogen (secondary N) is 1. The maximum atomic E-state index is 13.6. The van der Waals surface area contributed by atoms with Gasteiger partial charge in [0, 0.05) is 30.6 Å². The lowest BCUT2D eigenvalue weighted by atomic mass is 10.1. The van der Waals surface area contributed by atoms with Gasteiger partial charge in [-0.3, -0.25) is 14.4 Å². The van der Waals surface area contributed by atoms with Gasteiger partial charge in [-0.2, -0.15) is 0 Å². The number of rotatable bonds is 8. The number of amides is 1. The van der Waals surface area contributed by atoms with Gasteiger partial charge in [0.05, 0.1) is 10.6 Å². The highest BCUT2D eigenvalue weighted by molar-refractivity contribution is 7.14. The first kappa shape index (κ1) is 19.0. The van der Waals surface area contributed by atoms with Gasteiger partial charge < -0.3 is 5.32 Å². The maximum absolute atomic E-state index is 13.6. The standard InChI is InChI=1S/C19H20FNO3S/c1-12-3-7-15(20)16(11-12)21-19(24)10-6-14(22)5-8-17(23)18-9-4-13(2)25-18/h3-4,7,9,11H,5-6,8,10H2,1-2H3,(H,21,24). The average molecular weight is 361 g/mol. The fourth-order valence-corrected chi connectivity index (χ4v) is 3.12. The Morgan fingerprint density at radius 2 is 1.72 bits per heavy atom. The highest BCUT2D eigenvalue weighted by atomic mass is 32.1. The maximum Gasteiger partial charge on any atom is 0.224 e. The molecule has 0 unspecified atom stereocenters. The lowest BCUT2D eigenvalue weighted by Crippen LogP contribution is -2.14. The molecule has 0 atom stereocenters. The van der Waals surface area contributed by atoms with Gasteiger partial charge in [-0.1, -0.05) is 6.07 Å². The SMILES string of the molecule is Cc1ccc(F)c(NC(=O)CCC(=O)CCC(=O)c2ccc(C)s2)c1. The molecule has 0 aliphatic carbocycles. The zero-order valence-corrected chi connectivity index (χ0v) is 15.0. The first-order valence-corrected chi connectivity index (χ1v) is 8.84. The number of hydrogen-bond donors (Lipinski definition) is 1. The first-order chi connectivity index (χ1) is 11.8. The van der Waals surface area contributed by atoms with Crippen molar-refractivity contribution in [2.45, 2.75) is 39.5 Å². The van der Waals surface area contributed by atoms with Gasteiger partial charge in [0.15, 0.2) is 5.78 Å². The number of hydrogen-bond acceptors (Lipinski definition) is 4. The van der Waals surface area contributed by atoms with Crippen LogP contribution < -0.4 is 5.32 Å². The second kappa shape index (κ2) is 8.67. The third-order valence-corrected chi connectivity index (χ3v) is 4.71. The van der Waals surface area contributed by atoms with Gasteiger partial charge in [0.2, 0.25) is 5.91 Å². The number of carbonyl (C=O) groups is 3. The summed E-state index contributed by atoms with van der Waals surface area (Å²) in [5.74, 6) is -1.14. The van der Waals surface area contributed by atoms with Crippen LogP contribution in [0.15, 0.2) is 30.3 Å². The van der Waals surface area contributed by atoms with E-state index in [1.54, 1.807) is 19.1 Å². The Bertz CT molecular complexity index is 798. The summed E-state index contributed by atoms with van der Waals surface area (Å²) in [5.41, 5.74) is 0.941. The zero-order chi connectivity index (χ0) is 18.4. The Morgan fingerprint density at radius 1 is 1.00 bits per heavy atom. The summed E-state index contributed by atoms with van der Waals surface area (Å²) in [6.45, 7) is 3.72. The number of Topliss-reactive ketones (excluding diaryl/α,β-unsaturated/α-hetero) is 2. The molecule has 1 amide bonds. The van der Waals surface area contributed by atoms with Crippen molar-refractivity contribution in [3.05, 3.63) is 51.5 Å². The van der Waals surface area contributed by atoms with Crippen LogP contribution in [-0.2, 0) is 9.59 Å². The third kappa shape index (κ3) is 5.90. The van der Waals surface area contributed by atoms with E-state index in [9.17, 15) is 18.8 Å². The van der Waals surface area contributed by atoms with Crippen molar-refractivity contribution in [2.24, 2.45) is 0 Å². The highest BCUT2D eigenvalue weighted by Crippen LogP contribution is 2.18. The zero-order valence-electron chi connectivity index (χ0n) is 14.2. The quantitative estimate of drug-likeness (QED) is 0.706. The Kier molecular flexibility index (Phi) is 6.58. The van der Waals surface area contributed by atoms with Crippen molar-refractivity contribution in [3.8, 4) is 0 Å². The molecule has 1 aromatic heterocycles. The Balaban J connectivity index is 1.75. The van der Waals surface area contributed by atoms with E-state index in [0.29, 0.717) is 4.88 Å². The van der Waals surface area contributed by atoms with Crippen LogP contribution in [0.5, 0.6) is 0 Å². The first-order valence-electron chi connectivity index (χ1n) is 8.02. The topological polar surface area (TPSA) is 63.2 Å². The molecule has 0 bridgehead atoms. The minimum atomic E-state index is -0.512. The number of ketones is 2. The van der Waals surface area contributed by atoms with E-state index in [1.807, 2.05) is 13.0 Å². The predicted molar refractivity (Wildman–Crippen MR) is 96.6 cm³/mol. The van der Waals surface area contributed by atoms with Crippen LogP contribution in [0.3, 0.4) is 0 Å². The molecule has 1 aromatic carbocycles. The third-order valence-electron chi connectivity index (χ3n) is 3.67. The molecule has 2 rings (SSSR count). The summed E-state index contributed by atoms with van der Waals surface area (Å²) < 4.78 is 13.6. The van der Waals surface area contributed by atoms with Crippen molar-refractivity contribution < 1.29 is 18.8 Å². The van der Waals surface area contributed by atoms with Crippen LogP contribution in [0.25, 0.3) is 0 Å². The molecule has 132 valence electrons. The minimum Gasteiger partial charge on any atom is -0.324 e. The van der Waals surface area contributed by atoms with Crippen LogP contribution in [-0.4, -0.2) is 17.5 Å². The van der Waals surface area contributed by atoms with E-state index < -0.39 is 11.7 Å². The molecule has 0 aliphatic heterocycles. The van der Waals surface area contributed by atoms with Gasteiger partial charge in [0.25, 0.3) is 0 Å². The van der Waals surface area contributed by atoms with Crippen molar-refractivity contribution >= 4 is 34.5 Å². The number of benzene rings is 1. The summed E-state index contributed by atoms with van der Waals surface area (Å²) >= 11 is 1.41. The smallest absolute Gasteiger partial charge is 0.224 e. The molecule has 0 radical (unpaired) electrons. The highest BCUT2D eigenvalue weighted by Gasteiger charge is 2.13. The molecule has 1 heterocycles. The molecular formula is C19H20FNO3S. The van der Waals surface area contributed by atoms with Crippen LogP contribution in [0.2, 0.25) is 0 Å². The molecule has 1 N–H and O–H groups in total. The number of carbonyl (C=O) groups excluding carboxylic acids is 3. The summed E-state index contributed by atoms with van der Waals surface area (Å²) in [7, 11) is 0. The van der Waals surface area contributed by atoms with Crippen LogP contribution in [0.1, 0.15) is 45.8 Å². The molecule has 4 nitrogen and oxygen atoms in total. The monoisotopic (exact) mass is 361 g/mol. The molecule has 0 saturated heterocycles. The van der Waals surface area contributed by atoms with E-state index in [1.165, 1.54) is 23.5 Å². The lowest BCUT2D eigenvalue weighted by Gasteiger charge is -2.07. The van der Waals surface area contributed by atoms with E-state index in [-0.39, 0.29) is 42.9 Å². The molecule has 25 heavy (non-hydrogen) atoms. The van der Waals surface area contributed by atoms with Crippen molar-refractivity contribution in [1.82, 2.24) is 0 Å². The fourth-order valence-electron chi connectivity index (χ4n) is 2.29. The van der Waals surface area contributed by atoms with Crippen LogP contribution >= 0.6 is 11.3 Å². The molecule has 2 aromatic rings. The van der Waals surface area contributed by atoms with Gasteiger partial charge in [-0.05, 0) is 43.7 Å². The second-order valence-electron chi connectivity index (χ2n) is 5.90. The van der Waals surface area contributed by atoms with Crippen LogP contribution in [0, 0.1) is 19.7 Å². The molecule has 6 heteroatoms. The Hall–Kier alpha value is -2.34. The Labute approximate surface area is 150 Å². The Morgan fingerprint density at radius 3 is 2.40 bits per heavy atom. The lowest BCUT2D eigenvalue weighted by molar-refractivity contribution is -0.122. The predicted octanol–water partition coefficient (Wildman–Crippen LogP) is 4.45. The van der Waals surface area contributed by atoms with Gasteiger partial charge in [-0.15, -0.1) is 11.3 Å². The van der Waals surface area contributed by atoms with Crippen LogP contribution in [0.4, 0.5) is 10.1 Å². The fraction of sp³-hybridized carbons (Fsp3) is 0.316. The van der Waals surface area contributed by atoms with Crippen molar-refractivity contribution in [1.29, 1.82) is 0 Å². The summed E-state index contributed by atoms with van der Waals surface area (Å²) in [5, 5.41) is 2.47. The number of thiophene rings is 1. The van der Waals surface area contributed by atoms with E-state index in [2.05, 4.69) is 5.32 Å². The number of halogens is 1. The van der Waals surface area contributed by atoms with E-state index in [0.717, 1.165) is 10.4 Å². The average Bonchev–Trinajstić information content (AvgIpc) is 3.00.